The summed E-state index contributed by atoms with van der Waals surface area (Å²) in [6.45, 7) is 0.283. The van der Waals surface area contributed by atoms with Crippen LogP contribution >= 0.6 is 11.6 Å². The molecular formula is C17H16ClN3O3. The van der Waals surface area contributed by atoms with E-state index in [1.54, 1.807) is 0 Å². The number of fused-ring (bicyclic) bond motifs is 1. The van der Waals surface area contributed by atoms with Crippen LogP contribution in [0.1, 0.15) is 0 Å². The summed E-state index contributed by atoms with van der Waals surface area (Å²) in [5.41, 5.74) is -0.118. The summed E-state index contributed by atoms with van der Waals surface area (Å²) in [7, 11) is 0. The molecule has 1 aromatic heterocycles. The van der Waals surface area contributed by atoms with Crippen LogP contribution in [-0.2, 0) is 0 Å². The number of aliphatic hydroxyl groups is 1. The first kappa shape index (κ1) is 16.3. The van der Waals surface area contributed by atoms with E-state index >= 15 is 0 Å². The molecule has 3 aromatic rings. The topological polar surface area (TPSA) is 87.2 Å². The maximum Gasteiger partial charge on any atom is 0.285 e. The fourth-order valence-electron chi connectivity index (χ4n) is 2.30. The molecule has 2 aromatic carbocycles. The molecule has 0 aliphatic heterocycles. The lowest BCUT2D eigenvalue weighted by Gasteiger charge is -2.15. The van der Waals surface area contributed by atoms with Crippen LogP contribution in [0.4, 0.5) is 5.69 Å². The Morgan fingerprint density at radius 2 is 2.04 bits per heavy atom. The van der Waals surface area contributed by atoms with Gasteiger partial charge in [-0.1, -0.05) is 48.0 Å². The van der Waals surface area contributed by atoms with E-state index in [1.165, 1.54) is 6.20 Å². The van der Waals surface area contributed by atoms with Gasteiger partial charge in [0.25, 0.3) is 5.56 Å². The van der Waals surface area contributed by atoms with Crippen molar-refractivity contribution in [3.63, 3.8) is 0 Å². The van der Waals surface area contributed by atoms with Gasteiger partial charge in [-0.15, -0.1) is 0 Å². The summed E-state index contributed by atoms with van der Waals surface area (Å²) in [6, 6.07) is 13.6. The third kappa shape index (κ3) is 3.67. The maximum atomic E-state index is 11.3. The predicted molar refractivity (Wildman–Crippen MR) is 93.8 cm³/mol. The zero-order valence-electron chi connectivity index (χ0n) is 12.7. The highest BCUT2D eigenvalue weighted by Gasteiger charge is 2.10. The summed E-state index contributed by atoms with van der Waals surface area (Å²) in [5.74, 6) is 0.711. The number of benzene rings is 2. The second-order valence-corrected chi connectivity index (χ2v) is 5.63. The molecule has 6 nitrogen and oxygen atoms in total. The Labute approximate surface area is 143 Å². The highest BCUT2D eigenvalue weighted by molar-refractivity contribution is 6.32. The van der Waals surface area contributed by atoms with E-state index in [0.29, 0.717) is 11.4 Å². The molecule has 24 heavy (non-hydrogen) atoms. The number of hydrogen-bond acceptors (Lipinski definition) is 5. The van der Waals surface area contributed by atoms with Gasteiger partial charge in [0.05, 0.1) is 11.9 Å². The number of aromatic amines is 1. The minimum atomic E-state index is -0.778. The van der Waals surface area contributed by atoms with Gasteiger partial charge in [0.2, 0.25) is 0 Å². The van der Waals surface area contributed by atoms with Crippen molar-refractivity contribution >= 4 is 28.1 Å². The molecule has 0 unspecified atom stereocenters. The zero-order valence-corrected chi connectivity index (χ0v) is 13.5. The average molecular weight is 346 g/mol. The highest BCUT2D eigenvalue weighted by Crippen LogP contribution is 2.25. The second-order valence-electron chi connectivity index (χ2n) is 5.25. The van der Waals surface area contributed by atoms with Crippen molar-refractivity contribution in [2.24, 2.45) is 0 Å². The van der Waals surface area contributed by atoms with E-state index in [0.717, 1.165) is 10.8 Å². The van der Waals surface area contributed by atoms with Gasteiger partial charge >= 0.3 is 0 Å². The first-order valence-electron chi connectivity index (χ1n) is 7.41. The molecule has 0 bridgehead atoms. The van der Waals surface area contributed by atoms with Gasteiger partial charge in [0, 0.05) is 11.9 Å². The Hall–Kier alpha value is -2.57. The van der Waals surface area contributed by atoms with Crippen molar-refractivity contribution in [1.82, 2.24) is 10.2 Å². The van der Waals surface area contributed by atoms with E-state index in [1.807, 2.05) is 42.5 Å². The molecule has 1 heterocycles. The van der Waals surface area contributed by atoms with Crippen LogP contribution in [0.15, 0.2) is 53.5 Å². The van der Waals surface area contributed by atoms with Crippen molar-refractivity contribution in [2.75, 3.05) is 18.5 Å². The Kier molecular flexibility index (Phi) is 4.98. The molecule has 3 rings (SSSR count). The number of rotatable bonds is 6. The number of aromatic nitrogens is 2. The van der Waals surface area contributed by atoms with E-state index in [2.05, 4.69) is 15.5 Å². The average Bonchev–Trinajstić information content (AvgIpc) is 2.61. The van der Waals surface area contributed by atoms with Crippen LogP contribution in [0.5, 0.6) is 5.75 Å². The first-order valence-corrected chi connectivity index (χ1v) is 7.78. The zero-order chi connectivity index (χ0) is 16.9. The number of ether oxygens (including phenoxy) is 1. The third-order valence-electron chi connectivity index (χ3n) is 3.50. The molecule has 0 aliphatic carbocycles. The largest absolute Gasteiger partial charge is 0.490 e. The molecule has 0 aliphatic rings. The Morgan fingerprint density at radius 3 is 2.92 bits per heavy atom. The maximum absolute atomic E-state index is 11.3. The summed E-state index contributed by atoms with van der Waals surface area (Å²) >= 11 is 5.86. The molecule has 0 spiro atoms. The summed E-state index contributed by atoms with van der Waals surface area (Å²) in [5, 5.41) is 20.9. The van der Waals surface area contributed by atoms with Crippen LogP contribution in [0.3, 0.4) is 0 Å². The number of H-pyrrole nitrogens is 1. The quantitative estimate of drug-likeness (QED) is 0.638. The molecule has 0 fully saturated rings. The lowest BCUT2D eigenvalue weighted by atomic mass is 10.1. The van der Waals surface area contributed by atoms with Crippen molar-refractivity contribution in [2.45, 2.75) is 6.10 Å². The molecule has 0 radical (unpaired) electrons. The summed E-state index contributed by atoms with van der Waals surface area (Å²) in [6.07, 6.45) is 0.612. The fourth-order valence-corrected chi connectivity index (χ4v) is 2.46. The van der Waals surface area contributed by atoms with Crippen molar-refractivity contribution in [3.05, 3.63) is 64.0 Å². The Morgan fingerprint density at radius 1 is 1.25 bits per heavy atom. The van der Waals surface area contributed by atoms with Gasteiger partial charge < -0.3 is 15.2 Å². The molecule has 7 heteroatoms. The fraction of sp³-hybridized carbons (Fsp3) is 0.176. The van der Waals surface area contributed by atoms with E-state index in [9.17, 15) is 9.90 Å². The number of halogens is 1. The molecule has 0 amide bonds. The van der Waals surface area contributed by atoms with Crippen LogP contribution in [0.25, 0.3) is 10.8 Å². The van der Waals surface area contributed by atoms with Crippen LogP contribution in [0.2, 0.25) is 5.02 Å². The lowest BCUT2D eigenvalue weighted by molar-refractivity contribution is 0.118. The number of anilines is 1. The number of nitrogens with one attached hydrogen (secondary N) is 2. The summed E-state index contributed by atoms with van der Waals surface area (Å²) < 4.78 is 5.72. The minimum absolute atomic E-state index is 0.00664. The van der Waals surface area contributed by atoms with E-state index in [-0.39, 0.29) is 18.2 Å². The normalized spacial score (nSPS) is 12.1. The van der Waals surface area contributed by atoms with Crippen LogP contribution in [0, 0.1) is 0 Å². The van der Waals surface area contributed by atoms with Crippen molar-refractivity contribution < 1.29 is 9.84 Å². The second kappa shape index (κ2) is 7.33. The molecular weight excluding hydrogens is 330 g/mol. The summed E-state index contributed by atoms with van der Waals surface area (Å²) in [4.78, 5) is 11.3. The van der Waals surface area contributed by atoms with Gasteiger partial charge in [-0.2, -0.15) is 5.10 Å². The predicted octanol–water partition coefficient (Wildman–Crippen LogP) is 2.43. The number of hydrogen-bond donors (Lipinski definition) is 3. The highest BCUT2D eigenvalue weighted by atomic mass is 35.5. The molecule has 124 valence electrons. The van der Waals surface area contributed by atoms with Gasteiger partial charge in [0.1, 0.15) is 23.5 Å². The van der Waals surface area contributed by atoms with Gasteiger partial charge in [-0.3, -0.25) is 4.79 Å². The number of aliphatic hydroxyl groups excluding tert-OH is 1. The molecule has 1 atom stereocenters. The third-order valence-corrected chi connectivity index (χ3v) is 3.88. The monoisotopic (exact) mass is 345 g/mol. The Bertz CT molecular complexity index is 892. The minimum Gasteiger partial charge on any atom is -0.490 e. The molecule has 0 saturated carbocycles. The lowest BCUT2D eigenvalue weighted by Crippen LogP contribution is -2.27. The SMILES string of the molecule is O=c1[nH]ncc(NC[C@H](O)COc2cccc3ccccc23)c1Cl. The van der Waals surface area contributed by atoms with Gasteiger partial charge in [-0.05, 0) is 11.5 Å². The van der Waals surface area contributed by atoms with Gasteiger partial charge in [-0.25, -0.2) is 5.10 Å². The van der Waals surface area contributed by atoms with Crippen LogP contribution < -0.4 is 15.6 Å². The van der Waals surface area contributed by atoms with E-state index < -0.39 is 11.7 Å². The van der Waals surface area contributed by atoms with Crippen molar-refractivity contribution in [3.8, 4) is 5.75 Å². The van der Waals surface area contributed by atoms with Gasteiger partial charge in [0.15, 0.2) is 0 Å². The van der Waals surface area contributed by atoms with E-state index in [4.69, 9.17) is 16.3 Å². The Balaban J connectivity index is 1.60. The molecule has 0 saturated heterocycles. The standard InChI is InChI=1S/C17H16ClN3O3/c18-16-14(9-20-21-17(16)23)19-8-12(22)10-24-15-7-3-5-11-4-1-2-6-13(11)15/h1-7,9,12,22H,8,10H2,(H2,19,21,23)/t12-/m0/s1. The molecule has 3 N–H and O–H groups in total. The van der Waals surface area contributed by atoms with Crippen LogP contribution in [-0.4, -0.2) is 34.6 Å². The first-order chi connectivity index (χ1) is 11.6. The number of nitrogens with zero attached hydrogens (tertiary/aromatic N) is 1. The van der Waals surface area contributed by atoms with Crippen molar-refractivity contribution in [1.29, 1.82) is 0 Å². The smallest absolute Gasteiger partial charge is 0.285 e.